The summed E-state index contributed by atoms with van der Waals surface area (Å²) in [6.45, 7) is 2.31. The second-order valence-corrected chi connectivity index (χ2v) is 6.41. The number of carbonyl (C=O) groups is 2. The smallest absolute Gasteiger partial charge is 0.262 e. The van der Waals surface area contributed by atoms with Crippen molar-refractivity contribution in [1.29, 1.82) is 0 Å². The Morgan fingerprint density at radius 1 is 1.04 bits per heavy atom. The summed E-state index contributed by atoms with van der Waals surface area (Å²) in [4.78, 5) is 24.3. The van der Waals surface area contributed by atoms with Crippen LogP contribution in [0.4, 0.5) is 5.69 Å². The van der Waals surface area contributed by atoms with E-state index in [9.17, 15) is 9.59 Å². The Hall–Kier alpha value is -3.22. The zero-order valence-electron chi connectivity index (χ0n) is 16.0. The van der Waals surface area contributed by atoms with E-state index >= 15 is 0 Å². The van der Waals surface area contributed by atoms with Gasteiger partial charge in [-0.15, -0.1) is 0 Å². The van der Waals surface area contributed by atoms with Crippen LogP contribution in [0.15, 0.2) is 42.5 Å². The van der Waals surface area contributed by atoms with Gasteiger partial charge in [-0.2, -0.15) is 0 Å². The number of hydrogen-bond acceptors (Lipinski definition) is 5. The Balaban J connectivity index is 1.55. The summed E-state index contributed by atoms with van der Waals surface area (Å²) >= 11 is 0. The van der Waals surface area contributed by atoms with Crippen molar-refractivity contribution in [3.63, 3.8) is 0 Å². The lowest BCUT2D eigenvalue weighted by atomic mass is 10.2. The third-order valence-corrected chi connectivity index (χ3v) is 4.15. The first-order valence-electron chi connectivity index (χ1n) is 9.23. The number of carbonyl (C=O) groups excluding carboxylic acids is 2. The summed E-state index contributed by atoms with van der Waals surface area (Å²) in [6, 6.07) is 12.3. The Labute approximate surface area is 164 Å². The van der Waals surface area contributed by atoms with Crippen LogP contribution in [0.25, 0.3) is 0 Å². The van der Waals surface area contributed by atoms with Crippen molar-refractivity contribution in [1.82, 2.24) is 5.32 Å². The van der Waals surface area contributed by atoms with Gasteiger partial charge in [0.05, 0.1) is 13.7 Å². The van der Waals surface area contributed by atoms with Gasteiger partial charge < -0.3 is 24.8 Å². The van der Waals surface area contributed by atoms with E-state index in [-0.39, 0.29) is 24.5 Å². The number of ether oxygens (including phenoxy) is 3. The average molecular weight is 384 g/mol. The van der Waals surface area contributed by atoms with Crippen LogP contribution in [0.5, 0.6) is 17.2 Å². The van der Waals surface area contributed by atoms with Crippen LogP contribution in [-0.4, -0.2) is 38.2 Å². The topological polar surface area (TPSA) is 85.9 Å². The summed E-state index contributed by atoms with van der Waals surface area (Å²) in [5.41, 5.74) is 1.14. The average Bonchev–Trinajstić information content (AvgIpc) is 3.52. The Kier molecular flexibility index (Phi) is 6.37. The first-order chi connectivity index (χ1) is 13.6. The number of hydrogen-bond donors (Lipinski definition) is 2. The monoisotopic (exact) mass is 384 g/mol. The lowest BCUT2D eigenvalue weighted by molar-refractivity contribution is -0.118. The molecule has 7 nitrogen and oxygen atoms in total. The van der Waals surface area contributed by atoms with Crippen molar-refractivity contribution in [3.05, 3.63) is 48.0 Å². The van der Waals surface area contributed by atoms with Crippen LogP contribution in [0, 0.1) is 0 Å². The van der Waals surface area contributed by atoms with E-state index < -0.39 is 0 Å². The quantitative estimate of drug-likeness (QED) is 0.694. The van der Waals surface area contributed by atoms with Gasteiger partial charge in [0, 0.05) is 17.3 Å². The van der Waals surface area contributed by atoms with Crippen LogP contribution in [0.1, 0.15) is 30.1 Å². The number of methoxy groups -OCH3 is 1. The molecule has 0 radical (unpaired) electrons. The molecule has 2 amide bonds. The SMILES string of the molecule is CCOc1ccc(NC(=O)COc2ccc(C(=O)NC3CC3)cc2OC)cc1. The maximum absolute atomic E-state index is 12.1. The molecule has 1 aliphatic rings. The number of nitrogens with one attached hydrogen (secondary N) is 2. The van der Waals surface area contributed by atoms with Gasteiger partial charge >= 0.3 is 0 Å². The molecule has 2 N–H and O–H groups in total. The summed E-state index contributed by atoms with van der Waals surface area (Å²) in [5.74, 6) is 1.10. The molecule has 1 aliphatic carbocycles. The van der Waals surface area contributed by atoms with Crippen LogP contribution in [0.3, 0.4) is 0 Å². The lowest BCUT2D eigenvalue weighted by Gasteiger charge is -2.12. The Morgan fingerprint density at radius 2 is 1.79 bits per heavy atom. The maximum Gasteiger partial charge on any atom is 0.262 e. The first kappa shape index (κ1) is 19.5. The van der Waals surface area contributed by atoms with Crippen LogP contribution in [0.2, 0.25) is 0 Å². The summed E-state index contributed by atoms with van der Waals surface area (Å²) in [6.07, 6.45) is 2.04. The summed E-state index contributed by atoms with van der Waals surface area (Å²) < 4.78 is 16.2. The highest BCUT2D eigenvalue weighted by Gasteiger charge is 2.24. The zero-order valence-corrected chi connectivity index (χ0v) is 16.0. The molecule has 0 aliphatic heterocycles. The fraction of sp³-hybridized carbons (Fsp3) is 0.333. The van der Waals surface area contributed by atoms with Crippen molar-refractivity contribution >= 4 is 17.5 Å². The molecule has 1 saturated carbocycles. The van der Waals surface area contributed by atoms with Crippen LogP contribution < -0.4 is 24.8 Å². The normalized spacial score (nSPS) is 12.8. The maximum atomic E-state index is 12.1. The van der Waals surface area contributed by atoms with Crippen LogP contribution >= 0.6 is 0 Å². The molecule has 0 spiro atoms. The van der Waals surface area contributed by atoms with E-state index in [0.29, 0.717) is 29.4 Å². The van der Waals surface area contributed by atoms with Crippen molar-refractivity contribution < 1.29 is 23.8 Å². The zero-order chi connectivity index (χ0) is 19.9. The van der Waals surface area contributed by atoms with Gasteiger partial charge in [-0.3, -0.25) is 9.59 Å². The van der Waals surface area contributed by atoms with Gasteiger partial charge in [0.1, 0.15) is 5.75 Å². The minimum atomic E-state index is -0.304. The van der Waals surface area contributed by atoms with Crippen molar-refractivity contribution in [2.45, 2.75) is 25.8 Å². The predicted molar refractivity (Wildman–Crippen MR) is 105 cm³/mol. The van der Waals surface area contributed by atoms with Gasteiger partial charge in [-0.1, -0.05) is 0 Å². The molecule has 3 rings (SSSR count). The first-order valence-corrected chi connectivity index (χ1v) is 9.23. The minimum Gasteiger partial charge on any atom is -0.494 e. The molecule has 0 bridgehead atoms. The largest absolute Gasteiger partial charge is 0.494 e. The Morgan fingerprint density at radius 3 is 2.43 bits per heavy atom. The molecule has 0 heterocycles. The van der Waals surface area contributed by atoms with E-state index in [4.69, 9.17) is 14.2 Å². The second-order valence-electron chi connectivity index (χ2n) is 6.41. The molecule has 2 aromatic carbocycles. The van der Waals surface area contributed by atoms with Gasteiger partial charge in [0.25, 0.3) is 11.8 Å². The molecular formula is C21H24N2O5. The molecule has 0 atom stereocenters. The second kappa shape index (κ2) is 9.12. The minimum absolute atomic E-state index is 0.138. The third kappa shape index (κ3) is 5.39. The predicted octanol–water partition coefficient (Wildman–Crippen LogP) is 3.00. The van der Waals surface area contributed by atoms with E-state index in [1.54, 1.807) is 42.5 Å². The van der Waals surface area contributed by atoms with Gasteiger partial charge in [-0.25, -0.2) is 0 Å². The number of anilines is 1. The van der Waals surface area contributed by atoms with E-state index in [2.05, 4.69) is 10.6 Å². The number of rotatable bonds is 9. The molecule has 0 unspecified atom stereocenters. The van der Waals surface area contributed by atoms with Gasteiger partial charge in [0.15, 0.2) is 18.1 Å². The highest BCUT2D eigenvalue weighted by molar-refractivity contribution is 5.95. The molecule has 1 fully saturated rings. The highest BCUT2D eigenvalue weighted by Crippen LogP contribution is 2.29. The number of amides is 2. The molecule has 2 aromatic rings. The van der Waals surface area contributed by atoms with E-state index in [0.717, 1.165) is 18.6 Å². The van der Waals surface area contributed by atoms with Crippen LogP contribution in [-0.2, 0) is 4.79 Å². The molecule has 0 aromatic heterocycles. The summed E-state index contributed by atoms with van der Waals surface area (Å²) in [7, 11) is 1.49. The molecule has 7 heteroatoms. The van der Waals surface area contributed by atoms with Gasteiger partial charge in [0.2, 0.25) is 0 Å². The molecule has 148 valence electrons. The molecular weight excluding hydrogens is 360 g/mol. The molecule has 28 heavy (non-hydrogen) atoms. The standard InChI is InChI=1S/C21H24N2O5/c1-3-27-17-9-7-15(8-10-17)22-20(24)13-28-18-11-4-14(12-19(18)26-2)21(25)23-16-5-6-16/h4,7-12,16H,3,5-6,13H2,1-2H3,(H,22,24)(H,23,25). The van der Waals surface area contributed by atoms with E-state index in [1.807, 2.05) is 6.92 Å². The number of benzene rings is 2. The van der Waals surface area contributed by atoms with Crippen molar-refractivity contribution in [3.8, 4) is 17.2 Å². The fourth-order valence-corrected chi connectivity index (χ4v) is 2.57. The fourth-order valence-electron chi connectivity index (χ4n) is 2.57. The van der Waals surface area contributed by atoms with Crippen molar-refractivity contribution in [2.24, 2.45) is 0 Å². The molecule has 0 saturated heterocycles. The van der Waals surface area contributed by atoms with E-state index in [1.165, 1.54) is 7.11 Å². The van der Waals surface area contributed by atoms with Gasteiger partial charge in [-0.05, 0) is 62.2 Å². The highest BCUT2D eigenvalue weighted by atomic mass is 16.5. The summed E-state index contributed by atoms with van der Waals surface area (Å²) in [5, 5.41) is 5.67. The van der Waals surface area contributed by atoms with Crippen molar-refractivity contribution in [2.75, 3.05) is 25.6 Å². The Bertz CT molecular complexity index is 831. The lowest BCUT2D eigenvalue weighted by Crippen LogP contribution is -2.25. The third-order valence-electron chi connectivity index (χ3n) is 4.15.